The summed E-state index contributed by atoms with van der Waals surface area (Å²) in [6, 6.07) is 0. The molecule has 1 heterocycles. The molecule has 0 aliphatic rings. The van der Waals surface area contributed by atoms with E-state index in [0.29, 0.717) is 0 Å². The van der Waals surface area contributed by atoms with Crippen LogP contribution >= 0.6 is 0 Å². The predicted molar refractivity (Wildman–Crippen MR) is 81.4 cm³/mol. The summed E-state index contributed by atoms with van der Waals surface area (Å²) in [5.41, 5.74) is 2.88. The first-order valence-corrected chi connectivity index (χ1v) is 7.27. The fourth-order valence-corrected chi connectivity index (χ4v) is 1.97. The molecular formula is C15H30N4. The van der Waals surface area contributed by atoms with Crippen molar-refractivity contribution in [2.75, 3.05) is 20.6 Å². The molecule has 0 aliphatic heterocycles. The van der Waals surface area contributed by atoms with Gasteiger partial charge in [0.05, 0.1) is 12.7 Å². The van der Waals surface area contributed by atoms with Crippen LogP contribution in [-0.4, -0.2) is 40.9 Å². The first-order valence-electron chi connectivity index (χ1n) is 7.27. The monoisotopic (exact) mass is 266 g/mol. The van der Waals surface area contributed by atoms with E-state index in [-0.39, 0.29) is 5.54 Å². The van der Waals surface area contributed by atoms with Crippen LogP contribution in [0.3, 0.4) is 0 Å². The average Bonchev–Trinajstić information content (AvgIpc) is 2.66. The molecule has 4 heteroatoms. The highest BCUT2D eigenvalue weighted by atomic mass is 15.3. The van der Waals surface area contributed by atoms with Gasteiger partial charge in [-0.1, -0.05) is 13.3 Å². The molecule has 19 heavy (non-hydrogen) atoms. The maximum atomic E-state index is 4.56. The lowest BCUT2D eigenvalue weighted by Gasteiger charge is -2.20. The number of likely N-dealkylation sites (N-methyl/N-ethyl adjacent to an activating group) is 1. The molecule has 0 saturated heterocycles. The standard InChI is InChI=1S/C15H30N4/c1-7-8-14-13(11-16-15(2,3)4)12-17-19(14)10-9-18(5)6/h12,16H,7-11H2,1-6H3. The zero-order valence-electron chi connectivity index (χ0n) is 13.5. The first kappa shape index (κ1) is 16.2. The summed E-state index contributed by atoms with van der Waals surface area (Å²) in [6.07, 6.45) is 4.30. The lowest BCUT2D eigenvalue weighted by Crippen LogP contribution is -2.35. The maximum Gasteiger partial charge on any atom is 0.0539 e. The Bertz CT molecular complexity index is 374. The van der Waals surface area contributed by atoms with E-state index in [2.05, 4.69) is 61.8 Å². The van der Waals surface area contributed by atoms with E-state index in [4.69, 9.17) is 0 Å². The first-order chi connectivity index (χ1) is 8.83. The van der Waals surface area contributed by atoms with E-state index < -0.39 is 0 Å². The van der Waals surface area contributed by atoms with E-state index in [0.717, 1.165) is 32.5 Å². The third-order valence-corrected chi connectivity index (χ3v) is 3.09. The molecule has 0 radical (unpaired) electrons. The highest BCUT2D eigenvalue weighted by Crippen LogP contribution is 2.13. The molecule has 1 N–H and O–H groups in total. The van der Waals surface area contributed by atoms with Gasteiger partial charge in [-0.25, -0.2) is 0 Å². The second kappa shape index (κ2) is 7.06. The minimum atomic E-state index is 0.148. The molecule has 0 atom stereocenters. The van der Waals surface area contributed by atoms with Crippen molar-refractivity contribution < 1.29 is 0 Å². The molecule has 0 saturated carbocycles. The largest absolute Gasteiger partial charge is 0.308 e. The van der Waals surface area contributed by atoms with Gasteiger partial charge in [0.1, 0.15) is 0 Å². The van der Waals surface area contributed by atoms with Crippen molar-refractivity contribution in [1.82, 2.24) is 20.0 Å². The fourth-order valence-electron chi connectivity index (χ4n) is 1.97. The topological polar surface area (TPSA) is 33.1 Å². The molecule has 0 amide bonds. The zero-order valence-corrected chi connectivity index (χ0v) is 13.5. The van der Waals surface area contributed by atoms with Gasteiger partial charge in [-0.3, -0.25) is 4.68 Å². The summed E-state index contributed by atoms with van der Waals surface area (Å²) < 4.78 is 2.17. The summed E-state index contributed by atoms with van der Waals surface area (Å²) in [5.74, 6) is 0. The molecule has 0 fully saturated rings. The van der Waals surface area contributed by atoms with Crippen LogP contribution in [0.5, 0.6) is 0 Å². The number of aromatic nitrogens is 2. The van der Waals surface area contributed by atoms with Crippen LogP contribution in [0, 0.1) is 0 Å². The molecule has 0 aliphatic carbocycles. The van der Waals surface area contributed by atoms with Crippen LogP contribution < -0.4 is 5.32 Å². The normalized spacial score (nSPS) is 12.4. The molecular weight excluding hydrogens is 236 g/mol. The number of rotatable bonds is 7. The minimum Gasteiger partial charge on any atom is -0.308 e. The molecule has 0 spiro atoms. The van der Waals surface area contributed by atoms with E-state index >= 15 is 0 Å². The second-order valence-electron chi connectivity index (χ2n) is 6.50. The Kier molecular flexibility index (Phi) is 6.01. The molecule has 0 aromatic carbocycles. The van der Waals surface area contributed by atoms with Gasteiger partial charge < -0.3 is 10.2 Å². The fraction of sp³-hybridized carbons (Fsp3) is 0.800. The summed E-state index contributed by atoms with van der Waals surface area (Å²) >= 11 is 0. The quantitative estimate of drug-likeness (QED) is 0.822. The van der Waals surface area contributed by atoms with Crippen LogP contribution in [0.25, 0.3) is 0 Å². The molecule has 4 nitrogen and oxygen atoms in total. The molecule has 1 aromatic heterocycles. The van der Waals surface area contributed by atoms with Crippen LogP contribution in [0.4, 0.5) is 0 Å². The predicted octanol–water partition coefficient (Wildman–Crippen LogP) is 2.29. The van der Waals surface area contributed by atoms with Crippen LogP contribution in [0.15, 0.2) is 6.20 Å². The third-order valence-electron chi connectivity index (χ3n) is 3.09. The summed E-state index contributed by atoms with van der Waals surface area (Å²) in [6.45, 7) is 11.7. The summed E-state index contributed by atoms with van der Waals surface area (Å²) in [5, 5.41) is 8.11. The maximum absolute atomic E-state index is 4.56. The van der Waals surface area contributed by atoms with Crippen LogP contribution in [0.2, 0.25) is 0 Å². The van der Waals surface area contributed by atoms with Gasteiger partial charge in [-0.05, 0) is 41.3 Å². The smallest absolute Gasteiger partial charge is 0.0539 e. The highest BCUT2D eigenvalue weighted by molar-refractivity contribution is 5.18. The number of nitrogens with one attached hydrogen (secondary N) is 1. The van der Waals surface area contributed by atoms with Gasteiger partial charge in [-0.15, -0.1) is 0 Å². The SMILES string of the molecule is CCCc1c(CNC(C)(C)C)cnn1CCN(C)C. The van der Waals surface area contributed by atoms with Crippen molar-refractivity contribution in [3.05, 3.63) is 17.5 Å². The van der Waals surface area contributed by atoms with Gasteiger partial charge in [0.15, 0.2) is 0 Å². The Morgan fingerprint density at radius 3 is 2.53 bits per heavy atom. The van der Waals surface area contributed by atoms with Gasteiger partial charge in [0, 0.05) is 29.9 Å². The van der Waals surface area contributed by atoms with Crippen LogP contribution in [-0.2, 0) is 19.5 Å². The van der Waals surface area contributed by atoms with Gasteiger partial charge >= 0.3 is 0 Å². The van der Waals surface area contributed by atoms with E-state index in [1.54, 1.807) is 0 Å². The van der Waals surface area contributed by atoms with E-state index in [1.807, 2.05) is 6.20 Å². The van der Waals surface area contributed by atoms with Crippen molar-refractivity contribution in [1.29, 1.82) is 0 Å². The summed E-state index contributed by atoms with van der Waals surface area (Å²) in [4.78, 5) is 2.20. The molecule has 0 bridgehead atoms. The molecule has 110 valence electrons. The van der Waals surface area contributed by atoms with Crippen molar-refractivity contribution >= 4 is 0 Å². The van der Waals surface area contributed by atoms with Crippen molar-refractivity contribution in [3.8, 4) is 0 Å². The minimum absolute atomic E-state index is 0.148. The molecule has 1 aromatic rings. The third kappa shape index (κ3) is 5.74. The van der Waals surface area contributed by atoms with Crippen molar-refractivity contribution in [2.24, 2.45) is 0 Å². The number of hydrogen-bond acceptors (Lipinski definition) is 3. The Hall–Kier alpha value is -0.870. The number of hydrogen-bond donors (Lipinski definition) is 1. The lowest BCUT2D eigenvalue weighted by molar-refractivity contribution is 0.368. The summed E-state index contributed by atoms with van der Waals surface area (Å²) in [7, 11) is 4.20. The Morgan fingerprint density at radius 2 is 2.00 bits per heavy atom. The Morgan fingerprint density at radius 1 is 1.32 bits per heavy atom. The zero-order chi connectivity index (χ0) is 14.5. The van der Waals surface area contributed by atoms with Crippen molar-refractivity contribution in [2.45, 2.75) is 59.2 Å². The average molecular weight is 266 g/mol. The highest BCUT2D eigenvalue weighted by Gasteiger charge is 2.13. The van der Waals surface area contributed by atoms with Gasteiger partial charge in [0.2, 0.25) is 0 Å². The Balaban J connectivity index is 2.75. The molecule has 0 unspecified atom stereocenters. The molecule has 1 rings (SSSR count). The van der Waals surface area contributed by atoms with Crippen LogP contribution in [0.1, 0.15) is 45.4 Å². The van der Waals surface area contributed by atoms with E-state index in [1.165, 1.54) is 11.3 Å². The van der Waals surface area contributed by atoms with Gasteiger partial charge in [-0.2, -0.15) is 5.10 Å². The number of nitrogens with zero attached hydrogens (tertiary/aromatic N) is 3. The van der Waals surface area contributed by atoms with E-state index in [9.17, 15) is 0 Å². The second-order valence-corrected chi connectivity index (χ2v) is 6.50. The Labute approximate surface area is 118 Å². The lowest BCUT2D eigenvalue weighted by atomic mass is 10.1. The van der Waals surface area contributed by atoms with Gasteiger partial charge in [0.25, 0.3) is 0 Å². The van der Waals surface area contributed by atoms with Crippen molar-refractivity contribution in [3.63, 3.8) is 0 Å².